The summed E-state index contributed by atoms with van der Waals surface area (Å²) in [4.78, 5) is 35.7. The summed E-state index contributed by atoms with van der Waals surface area (Å²) in [7, 11) is 1.45. The molecule has 0 amide bonds. The molecule has 0 aliphatic heterocycles. The van der Waals surface area contributed by atoms with E-state index in [1.807, 2.05) is 0 Å². The van der Waals surface area contributed by atoms with E-state index in [0.717, 1.165) is 57.8 Å². The van der Waals surface area contributed by atoms with Gasteiger partial charge in [-0.3, -0.25) is 14.4 Å². The van der Waals surface area contributed by atoms with E-state index < -0.39 is 0 Å². The minimum Gasteiger partial charge on any atom is -0.469 e. The molecule has 0 aromatic heterocycles. The Bertz CT molecular complexity index is 892. The molecule has 0 aromatic rings. The van der Waals surface area contributed by atoms with Crippen molar-refractivity contribution in [2.45, 2.75) is 111 Å². The smallest absolute Gasteiger partial charge is 0.305 e. The van der Waals surface area contributed by atoms with Gasteiger partial charge in [0.05, 0.1) is 7.11 Å². The van der Waals surface area contributed by atoms with E-state index >= 15 is 0 Å². The molecule has 0 N–H and O–H groups in total. The standard InChI is InChI=1S/C29H44O6/c1-17(7-12-27(32)33-6)23-10-11-24-22-9-8-20-15-21(34-18(2)30)13-14-28(20,4)25(22)16-26(29(23,24)5)35-19(3)31/h17,20-21,23,25-26H,7-16H2,1-6H3/t17-,20?,21?,23-,25+,26?,28+,29-/m1/s1. The summed E-state index contributed by atoms with van der Waals surface area (Å²) in [5, 5.41) is 0. The van der Waals surface area contributed by atoms with Gasteiger partial charge in [0.15, 0.2) is 0 Å². The quantitative estimate of drug-likeness (QED) is 0.268. The summed E-state index contributed by atoms with van der Waals surface area (Å²) in [5.41, 5.74) is 3.14. The highest BCUT2D eigenvalue weighted by Gasteiger charge is 2.60. The molecule has 6 heteroatoms. The molecule has 3 unspecified atom stereocenters. The van der Waals surface area contributed by atoms with Crippen molar-refractivity contribution in [2.75, 3.05) is 7.11 Å². The fourth-order valence-corrected chi connectivity index (χ4v) is 8.69. The van der Waals surface area contributed by atoms with Crippen molar-refractivity contribution in [2.24, 2.45) is 34.5 Å². The summed E-state index contributed by atoms with van der Waals surface area (Å²) >= 11 is 0. The second-order valence-electron chi connectivity index (χ2n) is 12.2. The van der Waals surface area contributed by atoms with Gasteiger partial charge in [0.1, 0.15) is 12.2 Å². The van der Waals surface area contributed by atoms with Crippen LogP contribution in [-0.2, 0) is 28.6 Å². The largest absolute Gasteiger partial charge is 0.469 e. The molecule has 3 saturated carbocycles. The second-order valence-corrected chi connectivity index (χ2v) is 12.2. The lowest BCUT2D eigenvalue weighted by atomic mass is 9.48. The number of ether oxygens (including phenoxy) is 3. The fraction of sp³-hybridized carbons (Fsp3) is 0.828. The van der Waals surface area contributed by atoms with Crippen molar-refractivity contribution < 1.29 is 28.6 Å². The zero-order valence-corrected chi connectivity index (χ0v) is 22.5. The molecule has 0 saturated heterocycles. The molecule has 0 aromatic carbocycles. The van der Waals surface area contributed by atoms with Gasteiger partial charge in [0.25, 0.3) is 0 Å². The average Bonchev–Trinajstić information content (AvgIpc) is 3.16. The molecule has 0 spiro atoms. The Kier molecular flexibility index (Phi) is 7.41. The molecular weight excluding hydrogens is 444 g/mol. The predicted octanol–water partition coefficient (Wildman–Crippen LogP) is 5.77. The van der Waals surface area contributed by atoms with Crippen LogP contribution in [0.2, 0.25) is 0 Å². The van der Waals surface area contributed by atoms with Crippen LogP contribution in [0.1, 0.15) is 98.8 Å². The van der Waals surface area contributed by atoms with Crippen molar-refractivity contribution in [3.05, 3.63) is 11.1 Å². The van der Waals surface area contributed by atoms with Crippen LogP contribution in [0, 0.1) is 34.5 Å². The van der Waals surface area contributed by atoms with Crippen LogP contribution in [0.25, 0.3) is 0 Å². The number of allylic oxidation sites excluding steroid dienone is 1. The minimum absolute atomic E-state index is 0.0319. The lowest BCUT2D eigenvalue weighted by molar-refractivity contribution is -0.160. The predicted molar refractivity (Wildman–Crippen MR) is 132 cm³/mol. The first-order chi connectivity index (χ1) is 16.5. The summed E-state index contributed by atoms with van der Waals surface area (Å²) in [6.45, 7) is 10.1. The molecule has 4 aliphatic rings. The Morgan fingerprint density at radius 2 is 1.71 bits per heavy atom. The van der Waals surface area contributed by atoms with Crippen LogP contribution in [0.4, 0.5) is 0 Å². The molecule has 35 heavy (non-hydrogen) atoms. The van der Waals surface area contributed by atoms with Gasteiger partial charge in [-0.15, -0.1) is 0 Å². The van der Waals surface area contributed by atoms with Gasteiger partial charge in [-0.25, -0.2) is 0 Å². The number of esters is 3. The van der Waals surface area contributed by atoms with E-state index in [-0.39, 0.29) is 40.9 Å². The maximum atomic E-state index is 12.3. The summed E-state index contributed by atoms with van der Waals surface area (Å²) < 4.78 is 16.6. The molecule has 196 valence electrons. The van der Waals surface area contributed by atoms with Crippen molar-refractivity contribution >= 4 is 17.9 Å². The number of rotatable bonds is 6. The van der Waals surface area contributed by atoms with Gasteiger partial charge < -0.3 is 14.2 Å². The van der Waals surface area contributed by atoms with Gasteiger partial charge in [-0.05, 0) is 86.9 Å². The van der Waals surface area contributed by atoms with Crippen LogP contribution in [0.5, 0.6) is 0 Å². The molecule has 0 radical (unpaired) electrons. The highest BCUT2D eigenvalue weighted by Crippen LogP contribution is 2.66. The minimum atomic E-state index is -0.206. The average molecular weight is 489 g/mol. The Morgan fingerprint density at radius 3 is 2.37 bits per heavy atom. The number of methoxy groups -OCH3 is 1. The van der Waals surface area contributed by atoms with Gasteiger partial charge in [-0.1, -0.05) is 31.9 Å². The molecule has 6 nitrogen and oxygen atoms in total. The first kappa shape index (κ1) is 26.2. The van der Waals surface area contributed by atoms with E-state index in [2.05, 4.69) is 20.8 Å². The van der Waals surface area contributed by atoms with Crippen molar-refractivity contribution in [1.82, 2.24) is 0 Å². The highest BCUT2D eigenvalue weighted by molar-refractivity contribution is 5.69. The van der Waals surface area contributed by atoms with Crippen LogP contribution >= 0.6 is 0 Å². The van der Waals surface area contributed by atoms with Crippen LogP contribution in [0.3, 0.4) is 0 Å². The third-order valence-electron chi connectivity index (χ3n) is 10.5. The van der Waals surface area contributed by atoms with E-state index in [4.69, 9.17) is 14.2 Å². The zero-order valence-electron chi connectivity index (χ0n) is 22.5. The topological polar surface area (TPSA) is 78.9 Å². The van der Waals surface area contributed by atoms with Crippen molar-refractivity contribution in [3.8, 4) is 0 Å². The van der Waals surface area contributed by atoms with Crippen LogP contribution < -0.4 is 0 Å². The van der Waals surface area contributed by atoms with E-state index in [1.54, 1.807) is 5.57 Å². The molecule has 8 atom stereocenters. The molecule has 3 fully saturated rings. The number of carbonyl (C=O) groups is 3. The number of carbonyl (C=O) groups excluding carboxylic acids is 3. The summed E-state index contributed by atoms with van der Waals surface area (Å²) in [5.74, 6) is 1.11. The SMILES string of the molecule is COC(=O)CC[C@@H](C)[C@H]1CCC2=C3CCC4CC(OC(C)=O)CC[C@]4(C)[C@H]3CC(OC(C)=O)[C@@]21C. The van der Waals surface area contributed by atoms with Crippen LogP contribution in [-0.4, -0.2) is 37.2 Å². The van der Waals surface area contributed by atoms with Crippen molar-refractivity contribution in [1.29, 1.82) is 0 Å². The Morgan fingerprint density at radius 1 is 1.00 bits per heavy atom. The molecule has 4 rings (SSSR count). The number of hydrogen-bond donors (Lipinski definition) is 0. The summed E-state index contributed by atoms with van der Waals surface area (Å²) in [6, 6.07) is 0. The Balaban J connectivity index is 1.64. The van der Waals surface area contributed by atoms with Crippen LogP contribution in [0.15, 0.2) is 11.1 Å². The van der Waals surface area contributed by atoms with Gasteiger partial charge >= 0.3 is 17.9 Å². The Hall–Kier alpha value is -1.85. The molecule has 0 heterocycles. The van der Waals surface area contributed by atoms with E-state index in [1.165, 1.54) is 26.5 Å². The van der Waals surface area contributed by atoms with Crippen molar-refractivity contribution in [3.63, 3.8) is 0 Å². The molecule has 0 bridgehead atoms. The molecular formula is C29H44O6. The number of hydrogen-bond acceptors (Lipinski definition) is 6. The molecule has 4 aliphatic carbocycles. The lowest BCUT2D eigenvalue weighted by Gasteiger charge is -2.58. The Labute approximate surface area is 210 Å². The first-order valence-corrected chi connectivity index (χ1v) is 13.6. The summed E-state index contributed by atoms with van der Waals surface area (Å²) in [6.07, 6.45) is 9.26. The third-order valence-corrected chi connectivity index (χ3v) is 10.5. The third kappa shape index (κ3) is 4.67. The second kappa shape index (κ2) is 9.89. The lowest BCUT2D eigenvalue weighted by Crippen LogP contribution is -2.53. The maximum Gasteiger partial charge on any atom is 0.305 e. The normalized spacial score (nSPS) is 39.1. The maximum absolute atomic E-state index is 12.3. The first-order valence-electron chi connectivity index (χ1n) is 13.6. The highest BCUT2D eigenvalue weighted by atomic mass is 16.5. The zero-order chi connectivity index (χ0) is 25.5. The van der Waals surface area contributed by atoms with E-state index in [9.17, 15) is 14.4 Å². The fourth-order valence-electron chi connectivity index (χ4n) is 8.69. The van der Waals surface area contributed by atoms with Gasteiger partial charge in [-0.2, -0.15) is 0 Å². The van der Waals surface area contributed by atoms with Gasteiger partial charge in [0, 0.05) is 25.7 Å². The van der Waals surface area contributed by atoms with E-state index in [0.29, 0.717) is 30.1 Å². The number of fused-ring (bicyclic) bond motifs is 4. The van der Waals surface area contributed by atoms with Gasteiger partial charge in [0.2, 0.25) is 0 Å². The monoisotopic (exact) mass is 488 g/mol.